The highest BCUT2D eigenvalue weighted by atomic mass is 15.1. The van der Waals surface area contributed by atoms with E-state index in [1.165, 1.54) is 44.3 Å². The summed E-state index contributed by atoms with van der Waals surface area (Å²) in [5.41, 5.74) is 7.04. The Balaban J connectivity index is 1.84. The third-order valence-electron chi connectivity index (χ3n) is 3.72. The van der Waals surface area contributed by atoms with E-state index in [1.807, 2.05) is 6.07 Å². The Morgan fingerprint density at radius 2 is 2.18 bits per heavy atom. The molecule has 0 bridgehead atoms. The molecule has 0 amide bonds. The topological polar surface area (TPSA) is 42.2 Å². The van der Waals surface area contributed by atoms with Crippen LogP contribution in [0.5, 0.6) is 0 Å². The molecular weight excluding hydrogens is 210 g/mol. The Morgan fingerprint density at radius 1 is 1.41 bits per heavy atom. The number of nitrogens with two attached hydrogens (primary N) is 1. The zero-order chi connectivity index (χ0) is 12.1. The van der Waals surface area contributed by atoms with Gasteiger partial charge in [0.1, 0.15) is 5.82 Å². The molecule has 0 atom stereocenters. The summed E-state index contributed by atoms with van der Waals surface area (Å²) in [6.45, 7) is 5.65. The summed E-state index contributed by atoms with van der Waals surface area (Å²) in [5.74, 6) is 1.63. The zero-order valence-corrected chi connectivity index (χ0v) is 10.7. The molecule has 3 heteroatoms. The van der Waals surface area contributed by atoms with Crippen LogP contribution in [0.15, 0.2) is 18.3 Å². The molecule has 17 heavy (non-hydrogen) atoms. The van der Waals surface area contributed by atoms with E-state index in [0.29, 0.717) is 5.82 Å². The lowest BCUT2D eigenvalue weighted by Gasteiger charge is -2.31. The second kappa shape index (κ2) is 6.01. The molecule has 1 saturated heterocycles. The molecule has 0 saturated carbocycles. The van der Waals surface area contributed by atoms with Gasteiger partial charge < -0.3 is 5.73 Å². The Hall–Kier alpha value is -1.09. The minimum atomic E-state index is 0.684. The first-order valence-corrected chi connectivity index (χ1v) is 6.71. The van der Waals surface area contributed by atoms with Crippen molar-refractivity contribution in [1.29, 1.82) is 0 Å². The summed E-state index contributed by atoms with van der Waals surface area (Å²) in [6, 6.07) is 4.05. The Morgan fingerprint density at radius 3 is 2.82 bits per heavy atom. The van der Waals surface area contributed by atoms with Crippen LogP contribution in [0.4, 0.5) is 5.82 Å². The number of hydrogen-bond donors (Lipinski definition) is 1. The van der Waals surface area contributed by atoms with E-state index < -0.39 is 0 Å². The second-order valence-corrected chi connectivity index (χ2v) is 5.06. The lowest BCUT2D eigenvalue weighted by molar-refractivity contribution is 0.172. The lowest BCUT2D eigenvalue weighted by Crippen LogP contribution is -2.33. The predicted molar refractivity (Wildman–Crippen MR) is 71.6 cm³/mol. The van der Waals surface area contributed by atoms with Crippen LogP contribution in [-0.2, 0) is 6.54 Å². The number of nitrogen functional groups attached to an aromatic ring is 1. The molecule has 2 rings (SSSR count). The van der Waals surface area contributed by atoms with Gasteiger partial charge in [0.05, 0.1) is 0 Å². The largest absolute Gasteiger partial charge is 0.383 e. The summed E-state index contributed by atoms with van der Waals surface area (Å²) < 4.78 is 0. The van der Waals surface area contributed by atoms with Crippen molar-refractivity contribution in [3.63, 3.8) is 0 Å². The van der Waals surface area contributed by atoms with Crippen molar-refractivity contribution in [3.8, 4) is 0 Å². The standard InChI is InChI=1S/C14H23N3/c1-2-4-12-6-9-17(10-7-12)11-13-5-3-8-16-14(13)15/h3,5,8,12H,2,4,6-7,9-11H2,1H3,(H2,15,16). The maximum absolute atomic E-state index is 5.87. The number of anilines is 1. The maximum Gasteiger partial charge on any atom is 0.127 e. The fourth-order valence-corrected chi connectivity index (χ4v) is 2.67. The molecule has 1 fully saturated rings. The molecule has 0 aromatic carbocycles. The molecule has 0 radical (unpaired) electrons. The predicted octanol–water partition coefficient (Wildman–Crippen LogP) is 2.68. The van der Waals surface area contributed by atoms with Gasteiger partial charge in [-0.2, -0.15) is 0 Å². The summed E-state index contributed by atoms with van der Waals surface area (Å²) >= 11 is 0. The number of likely N-dealkylation sites (tertiary alicyclic amines) is 1. The van der Waals surface area contributed by atoms with Gasteiger partial charge in [-0.25, -0.2) is 4.98 Å². The van der Waals surface area contributed by atoms with Gasteiger partial charge in [0.2, 0.25) is 0 Å². The third kappa shape index (κ3) is 3.43. The van der Waals surface area contributed by atoms with Crippen molar-refractivity contribution in [1.82, 2.24) is 9.88 Å². The number of aromatic nitrogens is 1. The highest BCUT2D eigenvalue weighted by molar-refractivity contribution is 5.38. The Kier molecular flexibility index (Phi) is 4.37. The van der Waals surface area contributed by atoms with Crippen LogP contribution in [0.3, 0.4) is 0 Å². The average Bonchev–Trinajstić information content (AvgIpc) is 2.35. The molecule has 1 aromatic rings. The molecule has 94 valence electrons. The van der Waals surface area contributed by atoms with Crippen molar-refractivity contribution in [2.45, 2.75) is 39.2 Å². The van der Waals surface area contributed by atoms with Crippen molar-refractivity contribution >= 4 is 5.82 Å². The van der Waals surface area contributed by atoms with Crippen molar-refractivity contribution in [2.75, 3.05) is 18.8 Å². The SMILES string of the molecule is CCCC1CCN(Cc2cccnc2N)CC1. The summed E-state index contributed by atoms with van der Waals surface area (Å²) in [6.07, 6.45) is 7.15. The highest BCUT2D eigenvalue weighted by Crippen LogP contribution is 2.23. The van der Waals surface area contributed by atoms with Crippen LogP contribution in [-0.4, -0.2) is 23.0 Å². The summed E-state index contributed by atoms with van der Waals surface area (Å²) in [5, 5.41) is 0. The quantitative estimate of drug-likeness (QED) is 0.869. The molecule has 0 spiro atoms. The fourth-order valence-electron chi connectivity index (χ4n) is 2.67. The zero-order valence-electron chi connectivity index (χ0n) is 10.7. The molecule has 2 heterocycles. The van der Waals surface area contributed by atoms with Gasteiger partial charge in [0, 0.05) is 18.3 Å². The van der Waals surface area contributed by atoms with Crippen molar-refractivity contribution in [2.24, 2.45) is 5.92 Å². The van der Waals surface area contributed by atoms with E-state index in [1.54, 1.807) is 6.20 Å². The lowest BCUT2D eigenvalue weighted by atomic mass is 9.92. The molecule has 0 aliphatic carbocycles. The first-order chi connectivity index (χ1) is 8.29. The summed E-state index contributed by atoms with van der Waals surface area (Å²) in [4.78, 5) is 6.64. The van der Waals surface area contributed by atoms with Gasteiger partial charge in [0.15, 0.2) is 0 Å². The van der Waals surface area contributed by atoms with Gasteiger partial charge in [-0.15, -0.1) is 0 Å². The molecule has 1 aromatic heterocycles. The van der Waals surface area contributed by atoms with E-state index >= 15 is 0 Å². The van der Waals surface area contributed by atoms with E-state index in [-0.39, 0.29) is 0 Å². The molecule has 1 aliphatic rings. The first-order valence-electron chi connectivity index (χ1n) is 6.71. The Bertz CT molecular complexity index is 343. The van der Waals surface area contributed by atoms with Crippen LogP contribution in [0, 0.1) is 5.92 Å². The number of nitrogens with zero attached hydrogens (tertiary/aromatic N) is 2. The highest BCUT2D eigenvalue weighted by Gasteiger charge is 2.18. The van der Waals surface area contributed by atoms with Crippen LogP contribution in [0.25, 0.3) is 0 Å². The van der Waals surface area contributed by atoms with Gasteiger partial charge in [-0.1, -0.05) is 25.8 Å². The van der Waals surface area contributed by atoms with Crippen LogP contribution in [0.1, 0.15) is 38.2 Å². The number of pyridine rings is 1. The van der Waals surface area contributed by atoms with E-state index in [4.69, 9.17) is 5.73 Å². The fraction of sp³-hybridized carbons (Fsp3) is 0.643. The maximum atomic E-state index is 5.87. The third-order valence-corrected chi connectivity index (χ3v) is 3.72. The molecule has 1 aliphatic heterocycles. The number of piperidine rings is 1. The molecule has 0 unspecified atom stereocenters. The number of rotatable bonds is 4. The Labute approximate surface area is 104 Å². The minimum Gasteiger partial charge on any atom is -0.383 e. The molecular formula is C14H23N3. The van der Waals surface area contributed by atoms with Crippen LogP contribution in [0.2, 0.25) is 0 Å². The van der Waals surface area contributed by atoms with Gasteiger partial charge in [-0.05, 0) is 37.9 Å². The summed E-state index contributed by atoms with van der Waals surface area (Å²) in [7, 11) is 0. The van der Waals surface area contributed by atoms with E-state index in [9.17, 15) is 0 Å². The van der Waals surface area contributed by atoms with Crippen molar-refractivity contribution in [3.05, 3.63) is 23.9 Å². The first kappa shape index (κ1) is 12.4. The molecule has 3 nitrogen and oxygen atoms in total. The smallest absolute Gasteiger partial charge is 0.127 e. The average molecular weight is 233 g/mol. The van der Waals surface area contributed by atoms with Crippen LogP contribution >= 0.6 is 0 Å². The van der Waals surface area contributed by atoms with Crippen LogP contribution < -0.4 is 5.73 Å². The molecule has 2 N–H and O–H groups in total. The monoisotopic (exact) mass is 233 g/mol. The minimum absolute atomic E-state index is 0.684. The van der Waals surface area contributed by atoms with E-state index in [0.717, 1.165) is 12.5 Å². The van der Waals surface area contributed by atoms with Gasteiger partial charge in [-0.3, -0.25) is 4.90 Å². The van der Waals surface area contributed by atoms with Gasteiger partial charge >= 0.3 is 0 Å². The second-order valence-electron chi connectivity index (χ2n) is 5.06. The van der Waals surface area contributed by atoms with E-state index in [2.05, 4.69) is 22.9 Å². The number of hydrogen-bond acceptors (Lipinski definition) is 3. The normalized spacial score (nSPS) is 18.4. The van der Waals surface area contributed by atoms with Gasteiger partial charge in [0.25, 0.3) is 0 Å². The van der Waals surface area contributed by atoms with Crippen molar-refractivity contribution < 1.29 is 0 Å².